The van der Waals surface area contributed by atoms with Gasteiger partial charge in [-0.25, -0.2) is 0 Å². The average molecular weight is 178 g/mol. The van der Waals surface area contributed by atoms with Crippen LogP contribution in [-0.4, -0.2) is 19.5 Å². The van der Waals surface area contributed by atoms with Gasteiger partial charge in [0.1, 0.15) is 0 Å². The van der Waals surface area contributed by atoms with Gasteiger partial charge in [-0.15, -0.1) is 0 Å². The van der Waals surface area contributed by atoms with E-state index < -0.39 is 0 Å². The van der Waals surface area contributed by atoms with Gasteiger partial charge in [-0.05, 0) is 5.56 Å². The molecule has 2 heteroatoms. The minimum absolute atomic E-state index is 0.0533. The van der Waals surface area contributed by atoms with Crippen molar-refractivity contribution in [1.29, 1.82) is 0 Å². The minimum atomic E-state index is -0.0533. The van der Waals surface area contributed by atoms with Crippen LogP contribution in [0.1, 0.15) is 18.4 Å². The Morgan fingerprint density at radius 3 is 2.38 bits per heavy atom. The molecule has 2 nitrogen and oxygen atoms in total. The van der Waals surface area contributed by atoms with Crippen LogP contribution in [0.4, 0.5) is 0 Å². The Morgan fingerprint density at radius 1 is 1.15 bits per heavy atom. The maximum absolute atomic E-state index is 5.45. The summed E-state index contributed by atoms with van der Waals surface area (Å²) in [6.45, 7) is 3.58. The molecule has 1 atom stereocenters. The molecule has 1 unspecified atom stereocenters. The summed E-state index contributed by atoms with van der Waals surface area (Å²) in [5.74, 6) is 0.323. The van der Waals surface area contributed by atoms with Crippen molar-refractivity contribution in [2.45, 2.75) is 19.1 Å². The van der Waals surface area contributed by atoms with Gasteiger partial charge in [0.25, 0.3) is 0 Å². The summed E-state index contributed by atoms with van der Waals surface area (Å²) in [5, 5.41) is 0. The third-order valence-electron chi connectivity index (χ3n) is 2.38. The Morgan fingerprint density at radius 2 is 1.77 bits per heavy atom. The molecule has 13 heavy (non-hydrogen) atoms. The summed E-state index contributed by atoms with van der Waals surface area (Å²) in [6.07, 6.45) is -0.0533. The van der Waals surface area contributed by atoms with Crippen LogP contribution in [0.3, 0.4) is 0 Å². The fourth-order valence-corrected chi connectivity index (χ4v) is 1.58. The van der Waals surface area contributed by atoms with E-state index in [0.717, 1.165) is 13.2 Å². The fraction of sp³-hybridized carbons (Fsp3) is 0.455. The van der Waals surface area contributed by atoms with Crippen LogP contribution in [0, 0.1) is 0 Å². The second kappa shape index (κ2) is 3.90. The molecule has 1 aromatic carbocycles. The SMILES string of the molecule is CC(c1ccccc1)C1OCCO1. The van der Waals surface area contributed by atoms with Gasteiger partial charge in [0.05, 0.1) is 13.2 Å². The summed E-state index contributed by atoms with van der Waals surface area (Å²) in [6, 6.07) is 10.3. The lowest BCUT2D eigenvalue weighted by atomic mass is 10.0. The van der Waals surface area contributed by atoms with E-state index in [1.165, 1.54) is 5.56 Å². The van der Waals surface area contributed by atoms with Crippen molar-refractivity contribution in [3.8, 4) is 0 Å². The largest absolute Gasteiger partial charge is 0.350 e. The van der Waals surface area contributed by atoms with Gasteiger partial charge in [0.15, 0.2) is 6.29 Å². The first-order chi connectivity index (χ1) is 6.38. The van der Waals surface area contributed by atoms with Crippen molar-refractivity contribution in [2.24, 2.45) is 0 Å². The van der Waals surface area contributed by atoms with Crippen LogP contribution >= 0.6 is 0 Å². The zero-order valence-electron chi connectivity index (χ0n) is 7.77. The van der Waals surface area contributed by atoms with Crippen molar-refractivity contribution in [1.82, 2.24) is 0 Å². The second-order valence-corrected chi connectivity index (χ2v) is 3.31. The third-order valence-corrected chi connectivity index (χ3v) is 2.38. The molecule has 1 fully saturated rings. The van der Waals surface area contributed by atoms with Crippen LogP contribution < -0.4 is 0 Å². The van der Waals surface area contributed by atoms with E-state index >= 15 is 0 Å². The predicted octanol–water partition coefficient (Wildman–Crippen LogP) is 2.16. The molecule has 0 bridgehead atoms. The molecule has 1 aromatic rings. The molecule has 1 heterocycles. The Hall–Kier alpha value is -0.860. The summed E-state index contributed by atoms with van der Waals surface area (Å²) in [4.78, 5) is 0. The van der Waals surface area contributed by atoms with Crippen LogP contribution in [0.15, 0.2) is 30.3 Å². The molecule has 0 N–H and O–H groups in total. The number of rotatable bonds is 2. The van der Waals surface area contributed by atoms with Crippen molar-refractivity contribution < 1.29 is 9.47 Å². The Labute approximate surface area is 78.5 Å². The molecule has 2 rings (SSSR count). The quantitative estimate of drug-likeness (QED) is 0.691. The highest BCUT2D eigenvalue weighted by atomic mass is 16.7. The Kier molecular flexibility index (Phi) is 2.62. The Bertz CT molecular complexity index is 252. The predicted molar refractivity (Wildman–Crippen MR) is 50.5 cm³/mol. The highest BCUT2D eigenvalue weighted by Gasteiger charge is 2.23. The lowest BCUT2D eigenvalue weighted by Crippen LogP contribution is -2.16. The topological polar surface area (TPSA) is 18.5 Å². The first-order valence-electron chi connectivity index (χ1n) is 4.66. The van der Waals surface area contributed by atoms with Crippen LogP contribution in [0.25, 0.3) is 0 Å². The highest BCUT2D eigenvalue weighted by molar-refractivity contribution is 5.19. The zero-order chi connectivity index (χ0) is 9.10. The van der Waals surface area contributed by atoms with E-state index in [2.05, 4.69) is 19.1 Å². The highest BCUT2D eigenvalue weighted by Crippen LogP contribution is 2.24. The summed E-state index contributed by atoms with van der Waals surface area (Å²) in [7, 11) is 0. The lowest BCUT2D eigenvalue weighted by Gasteiger charge is -2.17. The normalized spacial score (nSPS) is 20.4. The smallest absolute Gasteiger partial charge is 0.164 e. The van der Waals surface area contributed by atoms with Crippen molar-refractivity contribution >= 4 is 0 Å². The summed E-state index contributed by atoms with van der Waals surface area (Å²) < 4.78 is 10.9. The van der Waals surface area contributed by atoms with E-state index in [1.807, 2.05) is 18.2 Å². The van der Waals surface area contributed by atoms with E-state index in [1.54, 1.807) is 0 Å². The molecule has 0 spiro atoms. The van der Waals surface area contributed by atoms with Gasteiger partial charge in [0, 0.05) is 5.92 Å². The number of benzene rings is 1. The van der Waals surface area contributed by atoms with Gasteiger partial charge in [-0.3, -0.25) is 0 Å². The van der Waals surface area contributed by atoms with E-state index in [9.17, 15) is 0 Å². The molecule has 0 saturated carbocycles. The molecule has 0 aliphatic carbocycles. The lowest BCUT2D eigenvalue weighted by molar-refractivity contribution is -0.0570. The zero-order valence-corrected chi connectivity index (χ0v) is 7.77. The maximum atomic E-state index is 5.45. The summed E-state index contributed by atoms with van der Waals surface area (Å²) in [5.41, 5.74) is 1.27. The monoisotopic (exact) mass is 178 g/mol. The average Bonchev–Trinajstić information content (AvgIpc) is 2.71. The van der Waals surface area contributed by atoms with Crippen LogP contribution in [0.5, 0.6) is 0 Å². The van der Waals surface area contributed by atoms with E-state index in [-0.39, 0.29) is 6.29 Å². The molecule has 1 saturated heterocycles. The molecule has 70 valence electrons. The number of hydrogen-bond acceptors (Lipinski definition) is 2. The molecule has 1 aliphatic heterocycles. The van der Waals surface area contributed by atoms with E-state index in [4.69, 9.17) is 9.47 Å². The molecular weight excluding hydrogens is 164 g/mol. The maximum Gasteiger partial charge on any atom is 0.164 e. The molecule has 1 aliphatic rings. The molecular formula is C11H14O2. The summed E-state index contributed by atoms with van der Waals surface area (Å²) >= 11 is 0. The van der Waals surface area contributed by atoms with Crippen LogP contribution in [0.2, 0.25) is 0 Å². The minimum Gasteiger partial charge on any atom is -0.350 e. The van der Waals surface area contributed by atoms with Crippen molar-refractivity contribution in [2.75, 3.05) is 13.2 Å². The van der Waals surface area contributed by atoms with Gasteiger partial charge >= 0.3 is 0 Å². The number of ether oxygens (including phenoxy) is 2. The van der Waals surface area contributed by atoms with Gasteiger partial charge in [-0.2, -0.15) is 0 Å². The first-order valence-corrected chi connectivity index (χ1v) is 4.66. The second-order valence-electron chi connectivity index (χ2n) is 3.31. The first kappa shape index (κ1) is 8.73. The number of hydrogen-bond donors (Lipinski definition) is 0. The molecule has 0 aromatic heterocycles. The van der Waals surface area contributed by atoms with E-state index in [0.29, 0.717) is 5.92 Å². The standard InChI is InChI=1S/C11H14O2/c1-9(11-12-7-8-13-11)10-5-3-2-4-6-10/h2-6,9,11H,7-8H2,1H3. The van der Waals surface area contributed by atoms with Crippen LogP contribution in [-0.2, 0) is 9.47 Å². The Balaban J connectivity index is 2.08. The molecule has 0 amide bonds. The van der Waals surface area contributed by atoms with Gasteiger partial charge in [0.2, 0.25) is 0 Å². The van der Waals surface area contributed by atoms with Crippen molar-refractivity contribution in [3.63, 3.8) is 0 Å². The van der Waals surface area contributed by atoms with Gasteiger partial charge in [-0.1, -0.05) is 37.3 Å². The fourth-order valence-electron chi connectivity index (χ4n) is 1.58. The van der Waals surface area contributed by atoms with Gasteiger partial charge < -0.3 is 9.47 Å². The van der Waals surface area contributed by atoms with Crippen molar-refractivity contribution in [3.05, 3.63) is 35.9 Å². The molecule has 0 radical (unpaired) electrons. The third kappa shape index (κ3) is 1.90.